The lowest BCUT2D eigenvalue weighted by atomic mass is 9.99. The Hall–Kier alpha value is -3.82. The van der Waals surface area contributed by atoms with Gasteiger partial charge in [0.1, 0.15) is 5.82 Å². The highest BCUT2D eigenvalue weighted by atomic mass is 16.5. The van der Waals surface area contributed by atoms with Crippen molar-refractivity contribution in [3.8, 4) is 11.3 Å². The lowest BCUT2D eigenvalue weighted by Gasteiger charge is -2.14. The molecule has 6 rings (SSSR count). The summed E-state index contributed by atoms with van der Waals surface area (Å²) < 4.78 is 6.75. The molecule has 0 radical (unpaired) electrons. The quantitative estimate of drug-likeness (QED) is 0.442. The molecule has 0 aliphatic carbocycles. The number of imidazole rings is 1. The van der Waals surface area contributed by atoms with E-state index in [9.17, 15) is 4.79 Å². The van der Waals surface area contributed by atoms with Gasteiger partial charge < -0.3 is 20.3 Å². The molecule has 1 aromatic carbocycles. The molecule has 3 aromatic heterocycles. The Kier molecular flexibility index (Phi) is 6.92. The number of aryl methyl sites for hydroxylation is 1. The molecule has 186 valence electrons. The smallest absolute Gasteiger partial charge is 0.254 e. The van der Waals surface area contributed by atoms with Crippen molar-refractivity contribution in [3.05, 3.63) is 71.2 Å². The third kappa shape index (κ3) is 5.07. The van der Waals surface area contributed by atoms with E-state index in [1.807, 2.05) is 68.1 Å². The Morgan fingerprint density at radius 3 is 2.72 bits per heavy atom. The molecule has 1 amide bonds. The standard InChI is InChI=1S/C23H23N7O.C4H8O/c1-14-9-21-24-12-19(30(21)26-10-14)16-7-8-18(22-17(16)11-25-23(22)31)28-20-6-4-5-15(27-20)13-29(2)3;1-2-4-5-3-1/h4-10,12H,11,13H2,1-3H3,(H,25,31)(H,27,28);1-4H2. The average molecular weight is 486 g/mol. The minimum atomic E-state index is -0.0959. The van der Waals surface area contributed by atoms with E-state index < -0.39 is 0 Å². The lowest BCUT2D eigenvalue weighted by Crippen LogP contribution is -2.14. The number of amides is 1. The number of rotatable bonds is 5. The third-order valence-electron chi connectivity index (χ3n) is 6.11. The third-order valence-corrected chi connectivity index (χ3v) is 6.11. The number of aromatic nitrogens is 4. The van der Waals surface area contributed by atoms with Crippen LogP contribution in [0.15, 0.2) is 48.8 Å². The highest BCUT2D eigenvalue weighted by Crippen LogP contribution is 2.35. The Morgan fingerprint density at radius 2 is 1.97 bits per heavy atom. The van der Waals surface area contributed by atoms with Gasteiger partial charge in [-0.05, 0) is 69.3 Å². The van der Waals surface area contributed by atoms with Gasteiger partial charge in [-0.1, -0.05) is 12.1 Å². The molecular formula is C27H31N7O2. The second-order valence-electron chi connectivity index (χ2n) is 9.34. The number of fused-ring (bicyclic) bond motifs is 2. The summed E-state index contributed by atoms with van der Waals surface area (Å²) in [6.45, 7) is 5.20. The van der Waals surface area contributed by atoms with E-state index in [0.717, 1.165) is 59.2 Å². The largest absolute Gasteiger partial charge is 0.381 e. The Morgan fingerprint density at radius 1 is 1.14 bits per heavy atom. The van der Waals surface area contributed by atoms with Gasteiger partial charge in [-0.2, -0.15) is 5.10 Å². The molecule has 0 spiro atoms. The number of anilines is 2. The highest BCUT2D eigenvalue weighted by Gasteiger charge is 2.27. The molecule has 4 aromatic rings. The minimum absolute atomic E-state index is 0.0959. The van der Waals surface area contributed by atoms with Crippen LogP contribution in [0.5, 0.6) is 0 Å². The molecular weight excluding hydrogens is 454 g/mol. The van der Waals surface area contributed by atoms with Crippen LogP contribution in [-0.4, -0.2) is 57.7 Å². The molecule has 0 bridgehead atoms. The number of hydrogen-bond donors (Lipinski definition) is 2. The van der Waals surface area contributed by atoms with E-state index in [1.54, 1.807) is 6.20 Å². The van der Waals surface area contributed by atoms with Gasteiger partial charge in [-0.15, -0.1) is 0 Å². The Balaban J connectivity index is 0.000000477. The number of benzene rings is 1. The van der Waals surface area contributed by atoms with Gasteiger partial charge in [0.15, 0.2) is 5.65 Å². The predicted molar refractivity (Wildman–Crippen MR) is 139 cm³/mol. The summed E-state index contributed by atoms with van der Waals surface area (Å²) in [6, 6.07) is 11.8. The molecule has 36 heavy (non-hydrogen) atoms. The molecule has 2 aliphatic rings. The van der Waals surface area contributed by atoms with Crippen molar-refractivity contribution < 1.29 is 9.53 Å². The number of carbonyl (C=O) groups excluding carboxylic acids is 1. The molecule has 5 heterocycles. The number of nitrogens with zero attached hydrogens (tertiary/aromatic N) is 5. The summed E-state index contributed by atoms with van der Waals surface area (Å²) in [5.41, 5.74) is 6.90. The molecule has 1 fully saturated rings. The fourth-order valence-corrected chi connectivity index (χ4v) is 4.45. The maximum atomic E-state index is 12.7. The first kappa shape index (κ1) is 23.9. The minimum Gasteiger partial charge on any atom is -0.381 e. The second-order valence-corrected chi connectivity index (χ2v) is 9.34. The van der Waals surface area contributed by atoms with Crippen molar-refractivity contribution >= 4 is 23.1 Å². The number of nitrogens with one attached hydrogen (secondary N) is 2. The molecule has 9 nitrogen and oxygen atoms in total. The number of hydrogen-bond acceptors (Lipinski definition) is 7. The lowest BCUT2D eigenvalue weighted by molar-refractivity contribution is 0.0966. The van der Waals surface area contributed by atoms with Gasteiger partial charge in [-0.25, -0.2) is 14.5 Å². The van der Waals surface area contributed by atoms with Crippen LogP contribution in [0.25, 0.3) is 16.9 Å². The van der Waals surface area contributed by atoms with Crippen LogP contribution in [0.2, 0.25) is 0 Å². The van der Waals surface area contributed by atoms with E-state index in [2.05, 4.69) is 30.6 Å². The van der Waals surface area contributed by atoms with Crippen molar-refractivity contribution in [2.45, 2.75) is 32.9 Å². The summed E-state index contributed by atoms with van der Waals surface area (Å²) in [4.78, 5) is 23.9. The van der Waals surface area contributed by atoms with E-state index in [-0.39, 0.29) is 5.91 Å². The predicted octanol–water partition coefficient (Wildman–Crippen LogP) is 3.95. The Bertz CT molecular complexity index is 1380. The van der Waals surface area contributed by atoms with Crippen LogP contribution in [0.4, 0.5) is 11.5 Å². The van der Waals surface area contributed by atoms with Crippen molar-refractivity contribution in [1.82, 2.24) is 29.8 Å². The van der Waals surface area contributed by atoms with Crippen LogP contribution in [-0.2, 0) is 17.8 Å². The van der Waals surface area contributed by atoms with Gasteiger partial charge in [-0.3, -0.25) is 4.79 Å². The second kappa shape index (κ2) is 10.4. The average Bonchev–Trinajstić information content (AvgIpc) is 3.62. The fourth-order valence-electron chi connectivity index (χ4n) is 4.45. The van der Waals surface area contributed by atoms with Crippen LogP contribution in [0.1, 0.15) is 40.0 Å². The van der Waals surface area contributed by atoms with Gasteiger partial charge in [0.25, 0.3) is 5.91 Å². The summed E-state index contributed by atoms with van der Waals surface area (Å²) in [6.07, 6.45) is 6.17. The molecule has 2 N–H and O–H groups in total. The molecule has 2 aliphatic heterocycles. The topological polar surface area (TPSA) is 96.7 Å². The first-order valence-electron chi connectivity index (χ1n) is 12.2. The van der Waals surface area contributed by atoms with Crippen molar-refractivity contribution in [2.75, 3.05) is 32.6 Å². The number of ether oxygens (including phenoxy) is 1. The zero-order valence-corrected chi connectivity index (χ0v) is 20.9. The highest BCUT2D eigenvalue weighted by molar-refractivity contribution is 6.06. The number of pyridine rings is 1. The molecule has 9 heteroatoms. The first-order valence-corrected chi connectivity index (χ1v) is 12.2. The molecule has 0 unspecified atom stereocenters. The van der Waals surface area contributed by atoms with E-state index in [0.29, 0.717) is 17.9 Å². The normalized spacial score (nSPS) is 14.5. The molecule has 1 saturated heterocycles. The first-order chi connectivity index (χ1) is 17.5. The van der Waals surface area contributed by atoms with Crippen LogP contribution >= 0.6 is 0 Å². The Labute approximate surface area is 210 Å². The monoisotopic (exact) mass is 485 g/mol. The number of carbonyl (C=O) groups is 1. The zero-order valence-electron chi connectivity index (χ0n) is 20.9. The molecule has 0 atom stereocenters. The van der Waals surface area contributed by atoms with Crippen molar-refractivity contribution in [2.24, 2.45) is 0 Å². The fraction of sp³-hybridized carbons (Fsp3) is 0.333. The van der Waals surface area contributed by atoms with E-state index in [1.165, 1.54) is 12.8 Å². The summed E-state index contributed by atoms with van der Waals surface area (Å²) in [7, 11) is 4.02. The maximum Gasteiger partial charge on any atom is 0.254 e. The maximum absolute atomic E-state index is 12.7. The summed E-state index contributed by atoms with van der Waals surface area (Å²) in [5, 5.41) is 10.8. The summed E-state index contributed by atoms with van der Waals surface area (Å²) in [5.74, 6) is 0.613. The van der Waals surface area contributed by atoms with E-state index in [4.69, 9.17) is 4.74 Å². The van der Waals surface area contributed by atoms with Gasteiger partial charge in [0.05, 0.1) is 35.0 Å². The van der Waals surface area contributed by atoms with Gasteiger partial charge in [0, 0.05) is 31.9 Å². The zero-order chi connectivity index (χ0) is 25.1. The van der Waals surface area contributed by atoms with Crippen LogP contribution < -0.4 is 10.6 Å². The van der Waals surface area contributed by atoms with Crippen molar-refractivity contribution in [3.63, 3.8) is 0 Å². The van der Waals surface area contributed by atoms with Gasteiger partial charge >= 0.3 is 0 Å². The molecule has 0 saturated carbocycles. The van der Waals surface area contributed by atoms with Crippen LogP contribution in [0, 0.1) is 6.92 Å². The van der Waals surface area contributed by atoms with Crippen molar-refractivity contribution in [1.29, 1.82) is 0 Å². The van der Waals surface area contributed by atoms with Gasteiger partial charge in [0.2, 0.25) is 0 Å². The van der Waals surface area contributed by atoms with Crippen LogP contribution in [0.3, 0.4) is 0 Å². The van der Waals surface area contributed by atoms with E-state index >= 15 is 0 Å². The SMILES string of the molecule is C1CCOC1.Cc1cnn2c(-c3ccc(Nc4cccc(CN(C)C)n4)c4c3CNC4=O)cnc2c1. The summed E-state index contributed by atoms with van der Waals surface area (Å²) >= 11 is 0.